The Hall–Kier alpha value is 0.270. The fraction of sp³-hybridized carbons (Fsp3) is 1.00. The molecule has 0 radical (unpaired) electrons. The molecule has 2 N–H and O–H groups in total. The van der Waals surface area contributed by atoms with Crippen LogP contribution in [0.3, 0.4) is 0 Å². The van der Waals surface area contributed by atoms with Gasteiger partial charge in [0.2, 0.25) is 0 Å². The molecular formula is C11H25NOS. The predicted octanol–water partition coefficient (Wildman–Crippen LogP) is 2.12. The average molecular weight is 219 g/mol. The second-order valence-corrected chi connectivity index (χ2v) is 5.91. The summed E-state index contributed by atoms with van der Waals surface area (Å²) < 4.78 is 0. The van der Waals surface area contributed by atoms with Crippen molar-refractivity contribution >= 4 is 11.8 Å². The van der Waals surface area contributed by atoms with Gasteiger partial charge in [0.15, 0.2) is 0 Å². The lowest BCUT2D eigenvalue weighted by molar-refractivity contribution is 0.192. The Morgan fingerprint density at radius 2 is 1.71 bits per heavy atom. The number of hydrogen-bond acceptors (Lipinski definition) is 3. The van der Waals surface area contributed by atoms with Crippen LogP contribution in [0.15, 0.2) is 0 Å². The first kappa shape index (κ1) is 14.3. The van der Waals surface area contributed by atoms with E-state index in [0.29, 0.717) is 23.8 Å². The third kappa shape index (κ3) is 7.65. The second-order valence-electron chi connectivity index (χ2n) is 4.50. The molecule has 86 valence electrons. The van der Waals surface area contributed by atoms with Crippen molar-refractivity contribution in [2.24, 2.45) is 5.92 Å². The third-order valence-electron chi connectivity index (χ3n) is 2.25. The first-order valence-electron chi connectivity index (χ1n) is 5.46. The number of hydrogen-bond donors (Lipinski definition) is 2. The molecule has 0 saturated heterocycles. The minimum atomic E-state index is -0.219. The Balaban J connectivity index is 3.48. The summed E-state index contributed by atoms with van der Waals surface area (Å²) >= 11 is 1.85. The van der Waals surface area contributed by atoms with Crippen LogP contribution in [-0.4, -0.2) is 34.8 Å². The summed E-state index contributed by atoms with van der Waals surface area (Å²) in [5, 5.41) is 13.5. The minimum absolute atomic E-state index is 0.219. The van der Waals surface area contributed by atoms with Gasteiger partial charge < -0.3 is 10.4 Å². The molecule has 0 saturated carbocycles. The van der Waals surface area contributed by atoms with Crippen LogP contribution in [0.5, 0.6) is 0 Å². The first-order valence-corrected chi connectivity index (χ1v) is 6.51. The largest absolute Gasteiger partial charge is 0.391 e. The normalized spacial score (nSPS) is 16.3. The minimum Gasteiger partial charge on any atom is -0.391 e. The molecule has 0 amide bonds. The zero-order valence-electron chi connectivity index (χ0n) is 10.1. The lowest BCUT2D eigenvalue weighted by Gasteiger charge is -2.18. The molecule has 0 aliphatic heterocycles. The summed E-state index contributed by atoms with van der Waals surface area (Å²) in [6.45, 7) is 11.5. The molecule has 2 unspecified atom stereocenters. The monoisotopic (exact) mass is 219 g/mol. The standard InChI is InChI=1S/C11H25NOS/c1-8(2)10(5)14-7-11(13)6-12-9(3)4/h8-13H,6-7H2,1-5H3. The summed E-state index contributed by atoms with van der Waals surface area (Å²) in [6.07, 6.45) is -0.219. The molecule has 14 heavy (non-hydrogen) atoms. The maximum Gasteiger partial charge on any atom is 0.0755 e. The highest BCUT2D eigenvalue weighted by atomic mass is 32.2. The summed E-state index contributed by atoms with van der Waals surface area (Å²) in [7, 11) is 0. The van der Waals surface area contributed by atoms with Crippen LogP contribution < -0.4 is 5.32 Å². The van der Waals surface area contributed by atoms with Crippen LogP contribution in [0.4, 0.5) is 0 Å². The van der Waals surface area contributed by atoms with E-state index in [9.17, 15) is 5.11 Å². The highest BCUT2D eigenvalue weighted by Crippen LogP contribution is 2.19. The summed E-state index contributed by atoms with van der Waals surface area (Å²) in [4.78, 5) is 0. The molecule has 0 aromatic heterocycles. The quantitative estimate of drug-likeness (QED) is 0.688. The van der Waals surface area contributed by atoms with Gasteiger partial charge >= 0.3 is 0 Å². The highest BCUT2D eigenvalue weighted by Gasteiger charge is 2.11. The van der Waals surface area contributed by atoms with Crippen LogP contribution in [0.1, 0.15) is 34.6 Å². The van der Waals surface area contributed by atoms with Crippen LogP contribution in [0, 0.1) is 5.92 Å². The van der Waals surface area contributed by atoms with Gasteiger partial charge in [-0.25, -0.2) is 0 Å². The van der Waals surface area contributed by atoms with E-state index in [4.69, 9.17) is 0 Å². The maximum absolute atomic E-state index is 9.65. The molecule has 2 nitrogen and oxygen atoms in total. The highest BCUT2D eigenvalue weighted by molar-refractivity contribution is 7.99. The van der Waals surface area contributed by atoms with Gasteiger partial charge in [0.1, 0.15) is 0 Å². The van der Waals surface area contributed by atoms with Crippen molar-refractivity contribution in [3.8, 4) is 0 Å². The van der Waals surface area contributed by atoms with Gasteiger partial charge in [-0.2, -0.15) is 11.8 Å². The van der Waals surface area contributed by atoms with Gasteiger partial charge in [-0.3, -0.25) is 0 Å². The van der Waals surface area contributed by atoms with Gasteiger partial charge in [0, 0.05) is 23.6 Å². The van der Waals surface area contributed by atoms with Crippen LogP contribution in [-0.2, 0) is 0 Å². The number of thioether (sulfide) groups is 1. The number of aliphatic hydroxyl groups is 1. The lowest BCUT2D eigenvalue weighted by Crippen LogP contribution is -2.33. The molecule has 0 fully saturated rings. The smallest absolute Gasteiger partial charge is 0.0755 e. The zero-order valence-corrected chi connectivity index (χ0v) is 10.9. The van der Waals surface area contributed by atoms with Crippen LogP contribution >= 0.6 is 11.8 Å². The molecule has 3 heteroatoms. The molecule has 0 spiro atoms. The Bertz CT molecular complexity index is 139. The summed E-state index contributed by atoms with van der Waals surface area (Å²) in [5.41, 5.74) is 0. The van der Waals surface area contributed by atoms with E-state index < -0.39 is 0 Å². The second kappa shape index (κ2) is 7.55. The van der Waals surface area contributed by atoms with Crippen molar-refractivity contribution in [3.05, 3.63) is 0 Å². The van der Waals surface area contributed by atoms with E-state index in [1.165, 1.54) is 0 Å². The van der Waals surface area contributed by atoms with E-state index >= 15 is 0 Å². The van der Waals surface area contributed by atoms with Gasteiger partial charge in [-0.15, -0.1) is 0 Å². The Labute approximate surface area is 92.9 Å². The lowest BCUT2D eigenvalue weighted by atomic mass is 10.2. The third-order valence-corrected chi connectivity index (χ3v) is 3.90. The van der Waals surface area contributed by atoms with Crippen LogP contribution in [0.25, 0.3) is 0 Å². The summed E-state index contributed by atoms with van der Waals surface area (Å²) in [5.74, 6) is 1.52. The molecule has 0 aromatic rings. The van der Waals surface area contributed by atoms with E-state index in [0.717, 1.165) is 5.75 Å². The Kier molecular flexibility index (Phi) is 7.69. The first-order chi connectivity index (χ1) is 6.43. The summed E-state index contributed by atoms with van der Waals surface area (Å²) in [6, 6.07) is 0.456. The molecule has 0 rings (SSSR count). The number of rotatable bonds is 7. The average Bonchev–Trinajstić information content (AvgIpc) is 2.10. The molecule has 2 atom stereocenters. The molecular weight excluding hydrogens is 194 g/mol. The Morgan fingerprint density at radius 1 is 1.14 bits per heavy atom. The topological polar surface area (TPSA) is 32.3 Å². The van der Waals surface area contributed by atoms with Crippen molar-refractivity contribution in [2.75, 3.05) is 12.3 Å². The van der Waals surface area contributed by atoms with Gasteiger partial charge in [-0.05, 0) is 5.92 Å². The van der Waals surface area contributed by atoms with Crippen LogP contribution in [0.2, 0.25) is 0 Å². The molecule has 0 aromatic carbocycles. The molecule has 0 aliphatic rings. The van der Waals surface area contributed by atoms with Crippen molar-refractivity contribution in [1.29, 1.82) is 0 Å². The predicted molar refractivity (Wildman–Crippen MR) is 65.9 cm³/mol. The van der Waals surface area contributed by atoms with Crippen molar-refractivity contribution in [2.45, 2.75) is 52.0 Å². The SMILES string of the molecule is CC(C)NCC(O)CSC(C)C(C)C. The van der Waals surface area contributed by atoms with Crippen molar-refractivity contribution < 1.29 is 5.11 Å². The Morgan fingerprint density at radius 3 is 2.14 bits per heavy atom. The fourth-order valence-electron chi connectivity index (χ4n) is 0.886. The number of aliphatic hydroxyl groups excluding tert-OH is 1. The zero-order chi connectivity index (χ0) is 11.1. The van der Waals surface area contributed by atoms with E-state index in [1.54, 1.807) is 0 Å². The maximum atomic E-state index is 9.65. The van der Waals surface area contributed by atoms with Gasteiger partial charge in [0.05, 0.1) is 6.10 Å². The molecule has 0 aliphatic carbocycles. The van der Waals surface area contributed by atoms with Crippen molar-refractivity contribution in [1.82, 2.24) is 5.32 Å². The van der Waals surface area contributed by atoms with E-state index in [1.807, 2.05) is 11.8 Å². The van der Waals surface area contributed by atoms with E-state index in [-0.39, 0.29) is 6.10 Å². The van der Waals surface area contributed by atoms with E-state index in [2.05, 4.69) is 39.9 Å². The molecule has 0 bridgehead atoms. The number of nitrogens with one attached hydrogen (secondary N) is 1. The molecule has 0 heterocycles. The van der Waals surface area contributed by atoms with Gasteiger partial charge in [0.25, 0.3) is 0 Å². The van der Waals surface area contributed by atoms with Gasteiger partial charge in [-0.1, -0.05) is 34.6 Å². The van der Waals surface area contributed by atoms with Crippen molar-refractivity contribution in [3.63, 3.8) is 0 Å². The fourth-order valence-corrected chi connectivity index (χ4v) is 1.91.